The lowest BCUT2D eigenvalue weighted by molar-refractivity contribution is 0.0541. The first-order chi connectivity index (χ1) is 20.5. The number of nitrogens with one attached hydrogen (secondary N) is 2. The molecule has 9 nitrogen and oxygen atoms in total. The second-order valence-electron chi connectivity index (χ2n) is 11.4. The second-order valence-corrected chi connectivity index (χ2v) is 11.4. The second kappa shape index (κ2) is 10.6. The third kappa shape index (κ3) is 4.64. The fourth-order valence-corrected chi connectivity index (χ4v) is 6.58. The number of carbonyl (C=O) groups excluding carboxylic acids is 2. The van der Waals surface area contributed by atoms with Gasteiger partial charge in [-0.25, -0.2) is 4.79 Å². The molecule has 2 saturated heterocycles. The molecule has 0 unspecified atom stereocenters. The number of benzene rings is 2. The van der Waals surface area contributed by atoms with Crippen LogP contribution in [-0.4, -0.2) is 75.7 Å². The number of urea groups is 1. The molecule has 2 aromatic heterocycles. The highest BCUT2D eigenvalue weighted by Crippen LogP contribution is 2.40. The highest BCUT2D eigenvalue weighted by molar-refractivity contribution is 5.98. The minimum Gasteiger partial charge on any atom is -0.501 e. The molecular weight excluding hydrogens is 528 g/mol. The molecule has 1 aliphatic carbocycles. The molecule has 214 valence electrons. The van der Waals surface area contributed by atoms with E-state index in [0.29, 0.717) is 44.6 Å². The number of likely N-dealkylation sites (tertiary alicyclic amines) is 1. The first-order valence-corrected chi connectivity index (χ1v) is 14.5. The van der Waals surface area contributed by atoms with Crippen molar-refractivity contribution in [3.63, 3.8) is 0 Å². The van der Waals surface area contributed by atoms with Crippen LogP contribution in [0.5, 0.6) is 0 Å². The van der Waals surface area contributed by atoms with Crippen LogP contribution in [0.2, 0.25) is 0 Å². The molecule has 7 rings (SSSR count). The summed E-state index contributed by atoms with van der Waals surface area (Å²) in [6.07, 6.45) is 13.0. The van der Waals surface area contributed by atoms with Crippen LogP contribution in [0.3, 0.4) is 0 Å². The van der Waals surface area contributed by atoms with Gasteiger partial charge in [0.2, 0.25) is 0 Å². The standard InChI is InChI=1S/C33H34N6O3/c1-42-29-4-2-3-23(17-29)21-39-32(41)38(28-9-7-24(8-10-28)27-19-35-36-20-27)22-33(39)12-15-37(16-13-33)31(40)26-6-5-25-11-14-34-30(25)18-26/h3,5-11,14,17-20,34H,2,4,12-13,15-16,21-22H2,1H3,(H,35,36). The van der Waals surface area contributed by atoms with Crippen LogP contribution < -0.4 is 4.90 Å². The third-order valence-corrected chi connectivity index (χ3v) is 9.03. The van der Waals surface area contributed by atoms with E-state index in [-0.39, 0.29) is 17.5 Å². The van der Waals surface area contributed by atoms with Gasteiger partial charge in [-0.3, -0.25) is 14.8 Å². The van der Waals surface area contributed by atoms with Gasteiger partial charge in [0.25, 0.3) is 5.91 Å². The predicted octanol–water partition coefficient (Wildman–Crippen LogP) is 5.73. The molecule has 0 atom stereocenters. The largest absolute Gasteiger partial charge is 0.501 e. The average molecular weight is 563 g/mol. The maximum atomic E-state index is 14.1. The maximum Gasteiger partial charge on any atom is 0.325 e. The molecule has 2 aromatic carbocycles. The summed E-state index contributed by atoms with van der Waals surface area (Å²) < 4.78 is 5.54. The van der Waals surface area contributed by atoms with Crippen LogP contribution in [0.25, 0.3) is 22.0 Å². The van der Waals surface area contributed by atoms with Crippen molar-refractivity contribution < 1.29 is 14.3 Å². The van der Waals surface area contributed by atoms with Gasteiger partial charge in [0.1, 0.15) is 0 Å². The number of anilines is 1. The number of hydrogen-bond acceptors (Lipinski definition) is 4. The minimum atomic E-state index is -0.375. The number of nitrogens with zero attached hydrogens (tertiary/aromatic N) is 4. The number of ether oxygens (including phenoxy) is 1. The van der Waals surface area contributed by atoms with Crippen LogP contribution in [-0.2, 0) is 4.74 Å². The Morgan fingerprint density at radius 2 is 1.90 bits per heavy atom. The molecule has 3 amide bonds. The molecule has 2 aliphatic heterocycles. The highest BCUT2D eigenvalue weighted by atomic mass is 16.5. The monoisotopic (exact) mass is 562 g/mol. The number of carbonyl (C=O) groups is 2. The number of methoxy groups -OCH3 is 1. The smallest absolute Gasteiger partial charge is 0.325 e. The summed E-state index contributed by atoms with van der Waals surface area (Å²) in [6.45, 7) is 2.29. The molecule has 42 heavy (non-hydrogen) atoms. The van der Waals surface area contributed by atoms with Crippen LogP contribution >= 0.6 is 0 Å². The molecule has 9 heteroatoms. The van der Waals surface area contributed by atoms with Gasteiger partial charge >= 0.3 is 6.03 Å². The summed E-state index contributed by atoms with van der Waals surface area (Å²) in [6, 6.07) is 15.9. The Balaban J connectivity index is 1.14. The maximum absolute atomic E-state index is 14.1. The highest BCUT2D eigenvalue weighted by Gasteiger charge is 2.51. The summed E-state index contributed by atoms with van der Waals surface area (Å²) in [7, 11) is 1.70. The normalized spacial score (nSPS) is 18.5. The van der Waals surface area contributed by atoms with Crippen molar-refractivity contribution in [1.29, 1.82) is 0 Å². The van der Waals surface area contributed by atoms with Gasteiger partial charge in [0.15, 0.2) is 0 Å². The van der Waals surface area contributed by atoms with Crippen molar-refractivity contribution in [2.45, 2.75) is 31.2 Å². The lowest BCUT2D eigenvalue weighted by atomic mass is 9.85. The minimum absolute atomic E-state index is 0.00174. The Hall–Kier alpha value is -4.79. The average Bonchev–Trinajstić information content (AvgIpc) is 3.79. The number of fused-ring (bicyclic) bond motifs is 1. The molecule has 0 saturated carbocycles. The van der Waals surface area contributed by atoms with Crippen molar-refractivity contribution in [2.75, 3.05) is 38.2 Å². The van der Waals surface area contributed by atoms with Crippen LogP contribution in [0.4, 0.5) is 10.5 Å². The van der Waals surface area contributed by atoms with Crippen LogP contribution in [0.1, 0.15) is 36.0 Å². The lowest BCUT2D eigenvalue weighted by Crippen LogP contribution is -2.55. The Morgan fingerprint density at radius 3 is 2.67 bits per heavy atom. The first-order valence-electron chi connectivity index (χ1n) is 14.5. The van der Waals surface area contributed by atoms with Gasteiger partial charge in [-0.15, -0.1) is 0 Å². The first kappa shape index (κ1) is 26.1. The van der Waals surface area contributed by atoms with Gasteiger partial charge in [-0.1, -0.05) is 24.3 Å². The van der Waals surface area contributed by atoms with Crippen molar-refractivity contribution in [3.8, 4) is 11.1 Å². The van der Waals surface area contributed by atoms with Gasteiger partial charge in [0.05, 0.1) is 31.1 Å². The topological polar surface area (TPSA) is 97.6 Å². The Morgan fingerprint density at radius 1 is 1.07 bits per heavy atom. The summed E-state index contributed by atoms with van der Waals surface area (Å²) in [5.41, 5.74) is 5.28. The number of allylic oxidation sites excluding steroid dienone is 2. The van der Waals surface area contributed by atoms with E-state index in [2.05, 4.69) is 27.3 Å². The quantitative estimate of drug-likeness (QED) is 0.314. The number of aromatic amines is 2. The Bertz CT molecular complexity index is 1680. The summed E-state index contributed by atoms with van der Waals surface area (Å²) in [5, 5.41) is 7.99. The number of rotatable bonds is 6. The van der Waals surface area contributed by atoms with Gasteiger partial charge in [0, 0.05) is 60.8 Å². The molecule has 3 aliphatic rings. The van der Waals surface area contributed by atoms with Gasteiger partial charge in [-0.2, -0.15) is 5.10 Å². The zero-order valence-electron chi connectivity index (χ0n) is 23.7. The fourth-order valence-electron chi connectivity index (χ4n) is 6.58. The van der Waals surface area contributed by atoms with E-state index in [1.807, 2.05) is 75.6 Å². The molecule has 0 bridgehead atoms. The van der Waals surface area contributed by atoms with Crippen molar-refractivity contribution >= 4 is 28.5 Å². The zero-order valence-corrected chi connectivity index (χ0v) is 23.7. The predicted molar refractivity (Wildman–Crippen MR) is 162 cm³/mol. The van der Waals surface area contributed by atoms with E-state index in [0.717, 1.165) is 51.9 Å². The molecule has 2 N–H and O–H groups in total. The van der Waals surface area contributed by atoms with Crippen LogP contribution in [0.15, 0.2) is 90.6 Å². The number of piperidine rings is 1. The zero-order chi connectivity index (χ0) is 28.7. The molecule has 4 aromatic rings. The molecule has 1 spiro atoms. The molecule has 2 fully saturated rings. The van der Waals surface area contributed by atoms with Gasteiger partial charge in [-0.05, 0) is 72.2 Å². The number of amides is 3. The summed E-state index contributed by atoms with van der Waals surface area (Å²) in [4.78, 5) is 36.7. The third-order valence-electron chi connectivity index (χ3n) is 9.03. The van der Waals surface area contributed by atoms with E-state index in [1.165, 1.54) is 0 Å². The SMILES string of the molecule is COC1=CC(CN2C(=O)N(c3ccc(-c4cn[nH]c4)cc3)CC23CCN(C(=O)c2ccc4cc[nH]c4c2)CC3)=CCC1. The van der Waals surface area contributed by atoms with E-state index in [4.69, 9.17) is 4.74 Å². The van der Waals surface area contributed by atoms with Crippen molar-refractivity contribution in [2.24, 2.45) is 0 Å². The van der Waals surface area contributed by atoms with E-state index in [1.54, 1.807) is 13.3 Å². The van der Waals surface area contributed by atoms with Crippen LogP contribution in [0, 0.1) is 0 Å². The van der Waals surface area contributed by atoms with E-state index >= 15 is 0 Å². The van der Waals surface area contributed by atoms with E-state index in [9.17, 15) is 9.59 Å². The Kier molecular flexibility index (Phi) is 6.57. The number of H-pyrrole nitrogens is 2. The lowest BCUT2D eigenvalue weighted by Gasteiger charge is -2.44. The number of hydrogen-bond donors (Lipinski definition) is 2. The fraction of sp³-hybridized carbons (Fsp3) is 0.303. The number of aromatic nitrogens is 3. The molecule has 4 heterocycles. The van der Waals surface area contributed by atoms with Gasteiger partial charge < -0.3 is 19.5 Å². The molecule has 0 radical (unpaired) electrons. The molecular formula is C33H34N6O3. The van der Waals surface area contributed by atoms with Crippen molar-refractivity contribution in [1.82, 2.24) is 25.0 Å². The van der Waals surface area contributed by atoms with E-state index < -0.39 is 0 Å². The summed E-state index contributed by atoms with van der Waals surface area (Å²) >= 11 is 0. The Labute approximate surface area is 244 Å². The van der Waals surface area contributed by atoms with Crippen molar-refractivity contribution in [3.05, 3.63) is 96.2 Å². The summed E-state index contributed by atoms with van der Waals surface area (Å²) in [5.74, 6) is 0.978.